The number of hydrogen-bond acceptors (Lipinski definition) is 4. The first-order chi connectivity index (χ1) is 13.5. The molecule has 0 bridgehead atoms. The summed E-state index contributed by atoms with van der Waals surface area (Å²) < 4.78 is 5.07. The lowest BCUT2D eigenvalue weighted by Crippen LogP contribution is -2.17. The van der Waals surface area contributed by atoms with E-state index in [0.29, 0.717) is 5.75 Å². The summed E-state index contributed by atoms with van der Waals surface area (Å²) in [5, 5.41) is 0. The topological polar surface area (TPSA) is 46.6 Å². The summed E-state index contributed by atoms with van der Waals surface area (Å²) in [4.78, 5) is 25.0. The Morgan fingerprint density at radius 2 is 1.14 bits per heavy atom. The van der Waals surface area contributed by atoms with Crippen LogP contribution in [0.3, 0.4) is 0 Å². The lowest BCUT2D eigenvalue weighted by Gasteiger charge is -2.25. The monoisotopic (exact) mass is 371 g/mol. The highest BCUT2D eigenvalue weighted by atomic mass is 16.5. The van der Waals surface area contributed by atoms with Crippen molar-refractivity contribution in [2.24, 2.45) is 0 Å². The van der Waals surface area contributed by atoms with Crippen molar-refractivity contribution in [3.8, 4) is 5.75 Å². The molecule has 3 aromatic rings. The summed E-state index contributed by atoms with van der Waals surface area (Å²) in [7, 11) is 0. The van der Waals surface area contributed by atoms with Crippen LogP contribution in [0.5, 0.6) is 5.75 Å². The molecule has 0 N–H and O–H groups in total. The van der Waals surface area contributed by atoms with Gasteiger partial charge in [0.25, 0.3) is 5.78 Å². The quantitative estimate of drug-likeness (QED) is 0.251. The number of ether oxygens (including phenoxy) is 1. The lowest BCUT2D eigenvalue weighted by atomic mass is 10.1. The fraction of sp³-hybridized carbons (Fsp3) is 0.0833. The molecule has 0 atom stereocenters. The van der Waals surface area contributed by atoms with Crippen molar-refractivity contribution in [2.75, 3.05) is 4.90 Å². The maximum absolute atomic E-state index is 11.6. The first kappa shape index (κ1) is 19.1. The van der Waals surface area contributed by atoms with Gasteiger partial charge >= 0.3 is 5.97 Å². The van der Waals surface area contributed by atoms with Crippen LogP contribution in [0.25, 0.3) is 0 Å². The lowest BCUT2D eigenvalue weighted by molar-refractivity contribution is -0.144. The molecule has 0 spiro atoms. The highest BCUT2D eigenvalue weighted by Gasteiger charge is 2.15. The van der Waals surface area contributed by atoms with Crippen LogP contribution in [0, 0.1) is 13.8 Å². The van der Waals surface area contributed by atoms with E-state index < -0.39 is 11.8 Å². The van der Waals surface area contributed by atoms with Gasteiger partial charge in [-0.15, -0.1) is 0 Å². The third-order valence-electron chi connectivity index (χ3n) is 4.28. The van der Waals surface area contributed by atoms with Crippen molar-refractivity contribution >= 4 is 28.8 Å². The highest BCUT2D eigenvalue weighted by Crippen LogP contribution is 2.35. The molecule has 0 saturated carbocycles. The Bertz CT molecular complexity index is 942. The van der Waals surface area contributed by atoms with Crippen LogP contribution in [-0.4, -0.2) is 11.8 Å². The predicted octanol–water partition coefficient (Wildman–Crippen LogP) is 5.43. The molecule has 0 heterocycles. The number of carbonyl (C=O) groups is 2. The molecule has 4 nitrogen and oxygen atoms in total. The van der Waals surface area contributed by atoms with Crippen LogP contribution in [0.15, 0.2) is 85.5 Å². The molecule has 0 saturated heterocycles. The molecule has 3 aromatic carbocycles. The van der Waals surface area contributed by atoms with E-state index in [-0.39, 0.29) is 0 Å². The average Bonchev–Trinajstić information content (AvgIpc) is 2.71. The predicted molar refractivity (Wildman–Crippen MR) is 111 cm³/mol. The second-order valence-electron chi connectivity index (χ2n) is 6.46. The molecule has 140 valence electrons. The number of carbonyl (C=O) groups excluding carboxylic acids is 2. The van der Waals surface area contributed by atoms with Gasteiger partial charge in [-0.2, -0.15) is 0 Å². The van der Waals surface area contributed by atoms with Crippen molar-refractivity contribution < 1.29 is 14.3 Å². The fourth-order valence-electron chi connectivity index (χ4n) is 2.74. The fourth-order valence-corrected chi connectivity index (χ4v) is 2.74. The molecule has 0 amide bonds. The third-order valence-corrected chi connectivity index (χ3v) is 4.28. The van der Waals surface area contributed by atoms with E-state index in [2.05, 4.69) is 60.0 Å². The summed E-state index contributed by atoms with van der Waals surface area (Å²) in [6.07, 6.45) is 0.938. The van der Waals surface area contributed by atoms with E-state index in [1.807, 2.05) is 26.0 Å². The molecule has 28 heavy (non-hydrogen) atoms. The Morgan fingerprint density at radius 3 is 1.54 bits per heavy atom. The second kappa shape index (κ2) is 8.35. The van der Waals surface area contributed by atoms with Gasteiger partial charge in [-0.3, -0.25) is 4.79 Å². The molecule has 0 fully saturated rings. The maximum Gasteiger partial charge on any atom is 0.384 e. The molecule has 0 aliphatic heterocycles. The molecule has 4 heteroatoms. The zero-order valence-corrected chi connectivity index (χ0v) is 15.9. The van der Waals surface area contributed by atoms with Gasteiger partial charge in [0, 0.05) is 17.1 Å². The number of benzene rings is 3. The van der Waals surface area contributed by atoms with Crippen LogP contribution in [-0.2, 0) is 9.59 Å². The molecule has 0 aliphatic carbocycles. The van der Waals surface area contributed by atoms with E-state index in [4.69, 9.17) is 4.74 Å². The van der Waals surface area contributed by atoms with E-state index in [9.17, 15) is 9.59 Å². The standard InChI is InChI=1S/C24H21NO3/c1-4-23(26)24(27)28-22-15-13-21(14-16-22)25(19-9-5-17(2)6-10-19)20-11-7-18(3)8-12-20/h4-16H,1H2,2-3H3. The summed E-state index contributed by atoms with van der Waals surface area (Å²) in [5.41, 5.74) is 5.30. The van der Waals surface area contributed by atoms with E-state index in [0.717, 1.165) is 23.1 Å². The van der Waals surface area contributed by atoms with Gasteiger partial charge in [0.15, 0.2) is 0 Å². The Kier molecular flexibility index (Phi) is 5.70. The number of ketones is 1. The molecule has 0 unspecified atom stereocenters. The van der Waals surface area contributed by atoms with Crippen molar-refractivity contribution in [2.45, 2.75) is 13.8 Å². The SMILES string of the molecule is C=CC(=O)C(=O)Oc1ccc(N(c2ccc(C)cc2)c2ccc(C)cc2)cc1. The third kappa shape index (κ3) is 4.35. The normalized spacial score (nSPS) is 10.2. The summed E-state index contributed by atoms with van der Waals surface area (Å²) >= 11 is 0. The van der Waals surface area contributed by atoms with Gasteiger partial charge in [-0.25, -0.2) is 4.79 Å². The van der Waals surface area contributed by atoms with E-state index >= 15 is 0 Å². The minimum Gasteiger partial charge on any atom is -0.421 e. The minimum absolute atomic E-state index is 0.303. The number of nitrogens with zero attached hydrogens (tertiary/aromatic N) is 1. The molecular formula is C24H21NO3. The molecule has 0 radical (unpaired) electrons. The number of anilines is 3. The number of rotatable bonds is 6. The molecule has 0 aliphatic rings. The summed E-state index contributed by atoms with van der Waals surface area (Å²) in [6, 6.07) is 23.5. The highest BCUT2D eigenvalue weighted by molar-refractivity contribution is 6.38. The van der Waals surface area contributed by atoms with Crippen LogP contribution in [0.4, 0.5) is 17.1 Å². The smallest absolute Gasteiger partial charge is 0.384 e. The molecular weight excluding hydrogens is 350 g/mol. The van der Waals surface area contributed by atoms with Crippen molar-refractivity contribution in [1.29, 1.82) is 0 Å². The number of hydrogen-bond donors (Lipinski definition) is 0. The Balaban J connectivity index is 1.95. The maximum atomic E-state index is 11.6. The van der Waals surface area contributed by atoms with Gasteiger partial charge < -0.3 is 9.64 Å². The van der Waals surface area contributed by atoms with Gasteiger partial charge in [0.1, 0.15) is 5.75 Å². The van der Waals surface area contributed by atoms with Crippen molar-refractivity contribution in [1.82, 2.24) is 0 Å². The van der Waals surface area contributed by atoms with E-state index in [1.165, 1.54) is 11.1 Å². The van der Waals surface area contributed by atoms with Gasteiger partial charge in [0.05, 0.1) is 0 Å². The summed E-state index contributed by atoms with van der Waals surface area (Å²) in [6.45, 7) is 7.38. The van der Waals surface area contributed by atoms with Gasteiger partial charge in [-0.1, -0.05) is 42.0 Å². The van der Waals surface area contributed by atoms with Crippen LogP contribution in [0.2, 0.25) is 0 Å². The second-order valence-corrected chi connectivity index (χ2v) is 6.46. The number of aryl methyl sites for hydroxylation is 2. The van der Waals surface area contributed by atoms with Crippen molar-refractivity contribution in [3.05, 3.63) is 96.6 Å². The minimum atomic E-state index is -0.948. The molecule has 0 aromatic heterocycles. The zero-order chi connectivity index (χ0) is 20.1. The van der Waals surface area contributed by atoms with Crippen LogP contribution >= 0.6 is 0 Å². The Morgan fingerprint density at radius 1 is 0.750 bits per heavy atom. The van der Waals surface area contributed by atoms with Crippen LogP contribution in [0.1, 0.15) is 11.1 Å². The first-order valence-corrected chi connectivity index (χ1v) is 8.90. The van der Waals surface area contributed by atoms with Crippen LogP contribution < -0.4 is 9.64 Å². The largest absolute Gasteiger partial charge is 0.421 e. The molecule has 3 rings (SSSR count). The Labute approximate surface area is 164 Å². The number of esters is 1. The Hall–Kier alpha value is -3.66. The summed E-state index contributed by atoms with van der Waals surface area (Å²) in [5.74, 6) is -1.42. The first-order valence-electron chi connectivity index (χ1n) is 8.90. The zero-order valence-electron chi connectivity index (χ0n) is 15.9. The average molecular weight is 371 g/mol. The van der Waals surface area contributed by atoms with Crippen molar-refractivity contribution in [3.63, 3.8) is 0 Å². The van der Waals surface area contributed by atoms with E-state index in [1.54, 1.807) is 12.1 Å². The van der Waals surface area contributed by atoms with Gasteiger partial charge in [-0.05, 0) is 68.5 Å². The van der Waals surface area contributed by atoms with Gasteiger partial charge in [0.2, 0.25) is 0 Å².